The second-order valence-electron chi connectivity index (χ2n) is 5.48. The van der Waals surface area contributed by atoms with Gasteiger partial charge in [-0.25, -0.2) is 14.5 Å². The zero-order chi connectivity index (χ0) is 17.1. The number of amides is 1. The van der Waals surface area contributed by atoms with Crippen LogP contribution in [0.4, 0.5) is 0 Å². The first-order valence-electron chi connectivity index (χ1n) is 7.83. The predicted octanol–water partition coefficient (Wildman–Crippen LogP) is 2.69. The lowest BCUT2D eigenvalue weighted by Gasteiger charge is -2.03. The second-order valence-corrected chi connectivity index (χ2v) is 6.42. The SMILES string of the molecule is O=C(CSc1nc2c3ccccc3ncn2n1)NCc1ccccc1. The van der Waals surface area contributed by atoms with Gasteiger partial charge in [0.2, 0.25) is 11.1 Å². The monoisotopic (exact) mass is 349 g/mol. The molecule has 4 rings (SSSR count). The van der Waals surface area contributed by atoms with Crippen LogP contribution in [-0.2, 0) is 11.3 Å². The standard InChI is InChI=1S/C18H15N5OS/c24-16(19-10-13-6-2-1-3-7-13)11-25-18-21-17-14-8-4-5-9-15(14)20-12-23(17)22-18/h1-9,12H,10-11H2,(H,19,24). The molecule has 0 aliphatic heterocycles. The van der Waals surface area contributed by atoms with E-state index in [4.69, 9.17) is 0 Å². The summed E-state index contributed by atoms with van der Waals surface area (Å²) in [6.45, 7) is 0.521. The van der Waals surface area contributed by atoms with E-state index in [1.807, 2.05) is 54.6 Å². The quantitative estimate of drug-likeness (QED) is 0.561. The van der Waals surface area contributed by atoms with Crippen molar-refractivity contribution < 1.29 is 4.79 Å². The molecule has 6 nitrogen and oxygen atoms in total. The summed E-state index contributed by atoms with van der Waals surface area (Å²) in [5.74, 6) is 0.227. The summed E-state index contributed by atoms with van der Waals surface area (Å²) in [6, 6.07) is 17.6. The number of carbonyl (C=O) groups excluding carboxylic acids is 1. The minimum absolute atomic E-state index is 0.0457. The summed E-state index contributed by atoms with van der Waals surface area (Å²) in [4.78, 5) is 20.9. The Labute approximate surface area is 148 Å². The fourth-order valence-electron chi connectivity index (χ4n) is 2.50. The normalized spacial score (nSPS) is 11.0. The fraction of sp³-hybridized carbons (Fsp3) is 0.111. The Morgan fingerprint density at radius 3 is 2.76 bits per heavy atom. The number of nitrogens with one attached hydrogen (secondary N) is 1. The van der Waals surface area contributed by atoms with E-state index < -0.39 is 0 Å². The molecule has 124 valence electrons. The van der Waals surface area contributed by atoms with Crippen LogP contribution in [0.3, 0.4) is 0 Å². The van der Waals surface area contributed by atoms with E-state index in [9.17, 15) is 4.79 Å². The third-order valence-electron chi connectivity index (χ3n) is 3.73. The Balaban J connectivity index is 1.42. The number of aromatic nitrogens is 4. The smallest absolute Gasteiger partial charge is 0.230 e. The molecule has 1 amide bonds. The number of rotatable bonds is 5. The van der Waals surface area contributed by atoms with Crippen molar-refractivity contribution in [3.8, 4) is 0 Å². The van der Waals surface area contributed by atoms with Crippen molar-refractivity contribution in [3.63, 3.8) is 0 Å². The minimum atomic E-state index is -0.0457. The largest absolute Gasteiger partial charge is 0.351 e. The van der Waals surface area contributed by atoms with Crippen molar-refractivity contribution in [3.05, 3.63) is 66.5 Å². The van der Waals surface area contributed by atoms with Gasteiger partial charge >= 0.3 is 0 Å². The van der Waals surface area contributed by atoms with Crippen LogP contribution in [0.15, 0.2) is 66.1 Å². The van der Waals surface area contributed by atoms with E-state index in [1.54, 1.807) is 10.8 Å². The summed E-state index contributed by atoms with van der Waals surface area (Å²) in [6.07, 6.45) is 1.64. The van der Waals surface area contributed by atoms with E-state index in [2.05, 4.69) is 20.4 Å². The lowest BCUT2D eigenvalue weighted by molar-refractivity contribution is -0.118. The van der Waals surface area contributed by atoms with Gasteiger partial charge < -0.3 is 5.32 Å². The highest BCUT2D eigenvalue weighted by Gasteiger charge is 2.10. The van der Waals surface area contributed by atoms with Crippen LogP contribution in [0, 0.1) is 0 Å². The molecular weight excluding hydrogens is 334 g/mol. The molecule has 25 heavy (non-hydrogen) atoms. The molecule has 0 fully saturated rings. The highest BCUT2D eigenvalue weighted by molar-refractivity contribution is 7.99. The average Bonchev–Trinajstić information content (AvgIpc) is 3.09. The Bertz CT molecular complexity index is 1030. The van der Waals surface area contributed by atoms with Gasteiger partial charge in [-0.05, 0) is 17.7 Å². The molecule has 0 radical (unpaired) electrons. The first kappa shape index (κ1) is 15.6. The Kier molecular flexibility index (Phi) is 4.30. The maximum Gasteiger partial charge on any atom is 0.230 e. The number of nitrogens with zero attached hydrogens (tertiary/aromatic N) is 4. The van der Waals surface area contributed by atoms with E-state index in [-0.39, 0.29) is 11.7 Å². The molecule has 2 aromatic carbocycles. The number of thioether (sulfide) groups is 1. The summed E-state index contributed by atoms with van der Waals surface area (Å²) >= 11 is 1.32. The van der Waals surface area contributed by atoms with Crippen molar-refractivity contribution in [2.45, 2.75) is 11.7 Å². The number of para-hydroxylation sites is 1. The molecule has 2 aromatic heterocycles. The van der Waals surface area contributed by atoms with E-state index >= 15 is 0 Å². The lowest BCUT2D eigenvalue weighted by atomic mass is 10.2. The number of fused-ring (bicyclic) bond motifs is 3. The molecule has 0 saturated carbocycles. The average molecular weight is 349 g/mol. The maximum absolute atomic E-state index is 12.0. The van der Waals surface area contributed by atoms with Gasteiger partial charge in [-0.1, -0.05) is 54.2 Å². The number of benzene rings is 2. The molecule has 0 aliphatic rings. The lowest BCUT2D eigenvalue weighted by Crippen LogP contribution is -2.24. The molecule has 0 spiro atoms. The number of hydrogen-bond acceptors (Lipinski definition) is 5. The summed E-state index contributed by atoms with van der Waals surface area (Å²) < 4.78 is 1.65. The van der Waals surface area contributed by atoms with Crippen LogP contribution in [0.5, 0.6) is 0 Å². The van der Waals surface area contributed by atoms with Gasteiger partial charge in [-0.15, -0.1) is 5.10 Å². The third kappa shape index (κ3) is 3.46. The molecule has 0 bridgehead atoms. The van der Waals surface area contributed by atoms with Gasteiger partial charge in [0, 0.05) is 11.9 Å². The molecule has 0 saturated heterocycles. The molecule has 0 unspecified atom stereocenters. The van der Waals surface area contributed by atoms with E-state index in [0.29, 0.717) is 11.7 Å². The Morgan fingerprint density at radius 2 is 1.88 bits per heavy atom. The van der Waals surface area contributed by atoms with Crippen LogP contribution >= 0.6 is 11.8 Å². The molecule has 1 N–H and O–H groups in total. The highest BCUT2D eigenvalue weighted by Crippen LogP contribution is 2.19. The van der Waals surface area contributed by atoms with E-state index in [0.717, 1.165) is 22.1 Å². The molecule has 4 aromatic rings. The highest BCUT2D eigenvalue weighted by atomic mass is 32.2. The van der Waals surface area contributed by atoms with Gasteiger partial charge in [0.25, 0.3) is 0 Å². The summed E-state index contributed by atoms with van der Waals surface area (Å²) in [5.41, 5.74) is 2.70. The Hall–Kier alpha value is -2.93. The zero-order valence-electron chi connectivity index (χ0n) is 13.3. The molecule has 0 atom stereocenters. The minimum Gasteiger partial charge on any atom is -0.351 e. The second kappa shape index (κ2) is 6.90. The van der Waals surface area contributed by atoms with Gasteiger partial charge in [-0.3, -0.25) is 4.79 Å². The van der Waals surface area contributed by atoms with Crippen molar-refractivity contribution in [1.82, 2.24) is 24.9 Å². The van der Waals surface area contributed by atoms with Gasteiger partial charge in [0.05, 0.1) is 11.3 Å². The maximum atomic E-state index is 12.0. The molecular formula is C18H15N5OS. The van der Waals surface area contributed by atoms with Crippen molar-refractivity contribution in [1.29, 1.82) is 0 Å². The van der Waals surface area contributed by atoms with Crippen LogP contribution in [-0.4, -0.2) is 31.2 Å². The number of carbonyl (C=O) groups is 1. The van der Waals surface area contributed by atoms with Crippen LogP contribution in [0.1, 0.15) is 5.56 Å². The van der Waals surface area contributed by atoms with Crippen LogP contribution < -0.4 is 5.32 Å². The molecule has 0 aliphatic carbocycles. The zero-order valence-corrected chi connectivity index (χ0v) is 14.1. The first-order chi connectivity index (χ1) is 12.3. The fourth-order valence-corrected chi connectivity index (χ4v) is 3.16. The third-order valence-corrected chi connectivity index (χ3v) is 4.57. The van der Waals surface area contributed by atoms with Crippen molar-refractivity contribution in [2.24, 2.45) is 0 Å². The predicted molar refractivity (Wildman–Crippen MR) is 97.3 cm³/mol. The summed E-state index contributed by atoms with van der Waals surface area (Å²) in [7, 11) is 0. The van der Waals surface area contributed by atoms with Gasteiger partial charge in [0.1, 0.15) is 6.33 Å². The van der Waals surface area contributed by atoms with Gasteiger partial charge in [0.15, 0.2) is 5.65 Å². The number of hydrogen-bond donors (Lipinski definition) is 1. The molecule has 7 heteroatoms. The Morgan fingerprint density at radius 1 is 1.08 bits per heavy atom. The molecule has 2 heterocycles. The topological polar surface area (TPSA) is 72.2 Å². The van der Waals surface area contributed by atoms with Crippen molar-refractivity contribution in [2.75, 3.05) is 5.75 Å². The summed E-state index contributed by atoms with van der Waals surface area (Å²) in [5, 5.41) is 8.78. The van der Waals surface area contributed by atoms with Crippen LogP contribution in [0.25, 0.3) is 16.6 Å². The van der Waals surface area contributed by atoms with Crippen molar-refractivity contribution >= 4 is 34.2 Å². The van der Waals surface area contributed by atoms with E-state index in [1.165, 1.54) is 11.8 Å². The first-order valence-corrected chi connectivity index (χ1v) is 8.82. The van der Waals surface area contributed by atoms with Gasteiger partial charge in [-0.2, -0.15) is 0 Å². The van der Waals surface area contributed by atoms with Crippen LogP contribution in [0.2, 0.25) is 0 Å².